The van der Waals surface area contributed by atoms with Gasteiger partial charge in [0.15, 0.2) is 0 Å². The monoisotopic (exact) mass is 573 g/mol. The van der Waals surface area contributed by atoms with Crippen LogP contribution in [0.15, 0.2) is 97.1 Å². The van der Waals surface area contributed by atoms with Crippen molar-refractivity contribution in [3.05, 3.63) is 125 Å². The van der Waals surface area contributed by atoms with E-state index in [0.717, 1.165) is 11.1 Å². The van der Waals surface area contributed by atoms with Gasteiger partial charge in [-0.1, -0.05) is 64.7 Å². The van der Waals surface area contributed by atoms with Gasteiger partial charge in [-0.05, 0) is 110 Å². The third kappa shape index (κ3) is 3.05. The first-order chi connectivity index (χ1) is 21.9. The van der Waals surface area contributed by atoms with Crippen LogP contribution < -0.4 is 16.4 Å². The van der Waals surface area contributed by atoms with Gasteiger partial charge in [0.2, 0.25) is 0 Å². The van der Waals surface area contributed by atoms with E-state index in [1.165, 1.54) is 93.6 Å². The SMILES string of the molecule is Cc1ccc2c(c1)c1cc(C)cc3c1n2-c1cc(-c2ccccc2C#N)cc2c1B3c1cc(C)cc3c4cc(C)ccc4n-2c13. The molecule has 0 fully saturated rings. The Morgan fingerprint density at radius 1 is 0.556 bits per heavy atom. The molecule has 45 heavy (non-hydrogen) atoms. The number of rotatable bonds is 1. The molecule has 0 radical (unpaired) electrons. The van der Waals surface area contributed by atoms with Crippen LogP contribution in [0.25, 0.3) is 66.1 Å². The van der Waals surface area contributed by atoms with Crippen LogP contribution in [-0.2, 0) is 0 Å². The van der Waals surface area contributed by atoms with E-state index in [1.54, 1.807) is 0 Å². The number of benzene rings is 6. The molecule has 210 valence electrons. The molecule has 8 aromatic rings. The molecule has 0 amide bonds. The van der Waals surface area contributed by atoms with Crippen LogP contribution in [-0.4, -0.2) is 15.8 Å². The zero-order chi connectivity index (χ0) is 30.3. The fourth-order valence-corrected chi connectivity index (χ4v) is 8.58. The summed E-state index contributed by atoms with van der Waals surface area (Å²) in [7, 11) is 0. The van der Waals surface area contributed by atoms with Crippen molar-refractivity contribution in [1.29, 1.82) is 5.26 Å². The molecule has 6 aromatic carbocycles. The van der Waals surface area contributed by atoms with Crippen LogP contribution in [0.3, 0.4) is 0 Å². The van der Waals surface area contributed by atoms with Crippen LogP contribution in [0.2, 0.25) is 0 Å². The Balaban J connectivity index is 1.49. The van der Waals surface area contributed by atoms with Gasteiger partial charge in [0.1, 0.15) is 0 Å². The second-order valence-electron chi connectivity index (χ2n) is 13.2. The molecule has 0 atom stereocenters. The Bertz CT molecular complexity index is 2560. The largest absolute Gasteiger partial charge is 0.310 e. The second kappa shape index (κ2) is 8.34. The molecule has 2 aliphatic heterocycles. The van der Waals surface area contributed by atoms with E-state index in [9.17, 15) is 5.26 Å². The summed E-state index contributed by atoms with van der Waals surface area (Å²) in [6.07, 6.45) is 0. The first-order valence-electron chi connectivity index (χ1n) is 15.7. The third-order valence-electron chi connectivity index (χ3n) is 10.3. The van der Waals surface area contributed by atoms with Crippen LogP contribution in [0.1, 0.15) is 27.8 Å². The van der Waals surface area contributed by atoms with Crippen molar-refractivity contribution in [2.75, 3.05) is 0 Å². The Morgan fingerprint density at radius 3 is 1.60 bits per heavy atom. The highest BCUT2D eigenvalue weighted by Gasteiger charge is 2.41. The molecule has 0 saturated carbocycles. The number of nitrogens with zero attached hydrogens (tertiary/aromatic N) is 3. The molecule has 0 N–H and O–H groups in total. The Hall–Kier alpha value is -5.53. The highest BCUT2D eigenvalue weighted by atomic mass is 15.0. The van der Waals surface area contributed by atoms with E-state index in [2.05, 4.69) is 122 Å². The summed E-state index contributed by atoms with van der Waals surface area (Å²) < 4.78 is 5.03. The maximum Gasteiger partial charge on any atom is 0.252 e. The van der Waals surface area contributed by atoms with Crippen LogP contribution in [0.4, 0.5) is 0 Å². The minimum absolute atomic E-state index is 0.0934. The lowest BCUT2D eigenvalue weighted by molar-refractivity contribution is 1.14. The first-order valence-corrected chi connectivity index (χ1v) is 15.7. The molecule has 4 heteroatoms. The molecule has 0 bridgehead atoms. The van der Waals surface area contributed by atoms with Gasteiger partial charge >= 0.3 is 0 Å². The van der Waals surface area contributed by atoms with Gasteiger partial charge in [0.25, 0.3) is 6.71 Å². The lowest BCUT2D eigenvalue weighted by Gasteiger charge is -2.34. The molecule has 0 aliphatic carbocycles. The Labute approximate surface area is 261 Å². The molecule has 3 nitrogen and oxygen atoms in total. The number of hydrogen-bond donors (Lipinski definition) is 0. The lowest BCUT2D eigenvalue weighted by atomic mass is 9.34. The topological polar surface area (TPSA) is 33.6 Å². The van der Waals surface area contributed by atoms with Gasteiger partial charge in [-0.25, -0.2) is 0 Å². The Morgan fingerprint density at radius 2 is 1.07 bits per heavy atom. The molecule has 0 unspecified atom stereocenters. The zero-order valence-electron chi connectivity index (χ0n) is 25.7. The van der Waals surface area contributed by atoms with E-state index in [4.69, 9.17) is 0 Å². The molecule has 10 rings (SSSR count). The van der Waals surface area contributed by atoms with Crippen molar-refractivity contribution in [3.8, 4) is 28.6 Å². The average molecular weight is 574 g/mol. The molecular weight excluding hydrogens is 545 g/mol. The summed E-state index contributed by atoms with van der Waals surface area (Å²) in [4.78, 5) is 0. The molecule has 0 saturated heterocycles. The van der Waals surface area contributed by atoms with Crippen molar-refractivity contribution in [1.82, 2.24) is 9.13 Å². The zero-order valence-corrected chi connectivity index (χ0v) is 25.7. The third-order valence-corrected chi connectivity index (χ3v) is 10.3. The van der Waals surface area contributed by atoms with Gasteiger partial charge in [0, 0.05) is 44.0 Å². The van der Waals surface area contributed by atoms with E-state index < -0.39 is 0 Å². The molecule has 0 spiro atoms. The van der Waals surface area contributed by atoms with Crippen molar-refractivity contribution >= 4 is 66.7 Å². The van der Waals surface area contributed by atoms with Gasteiger partial charge in [0.05, 0.1) is 22.7 Å². The predicted octanol–water partition coefficient (Wildman–Crippen LogP) is 7.80. The van der Waals surface area contributed by atoms with Crippen molar-refractivity contribution < 1.29 is 0 Å². The fourth-order valence-electron chi connectivity index (χ4n) is 8.58. The number of aryl methyl sites for hydroxylation is 4. The predicted molar refractivity (Wildman–Crippen MR) is 189 cm³/mol. The quantitative estimate of drug-likeness (QED) is 0.185. The lowest BCUT2D eigenvalue weighted by Crippen LogP contribution is -2.59. The maximum absolute atomic E-state index is 10.2. The Kier molecular flexibility index (Phi) is 4.61. The van der Waals surface area contributed by atoms with E-state index in [-0.39, 0.29) is 6.71 Å². The molecule has 2 aromatic heterocycles. The van der Waals surface area contributed by atoms with Gasteiger partial charge in [-0.3, -0.25) is 0 Å². The minimum Gasteiger partial charge on any atom is -0.310 e. The second-order valence-corrected chi connectivity index (χ2v) is 13.2. The smallest absolute Gasteiger partial charge is 0.252 e. The standard InChI is InChI=1S/C41H28BN3/c1-22-9-11-35-29(13-22)31-15-24(3)17-33-40(31)44(35)37-19-27(28-8-6-5-7-26(28)21-43)20-38-39(37)42(33)34-18-25(4)16-32-30-14-23(2)10-12-36(30)45(38)41(32)34/h5-20H,1-4H3. The van der Waals surface area contributed by atoms with E-state index >= 15 is 0 Å². The number of fused-ring (bicyclic) bond motifs is 10. The van der Waals surface area contributed by atoms with Crippen molar-refractivity contribution in [3.63, 3.8) is 0 Å². The van der Waals surface area contributed by atoms with Crippen molar-refractivity contribution in [2.24, 2.45) is 0 Å². The van der Waals surface area contributed by atoms with Crippen LogP contribution in [0.5, 0.6) is 0 Å². The van der Waals surface area contributed by atoms with Gasteiger partial charge in [-0.15, -0.1) is 0 Å². The highest BCUT2D eigenvalue weighted by Crippen LogP contribution is 2.41. The number of aromatic nitrogens is 2. The number of nitriles is 1. The van der Waals surface area contributed by atoms with Crippen LogP contribution in [0, 0.1) is 39.0 Å². The van der Waals surface area contributed by atoms with Crippen molar-refractivity contribution in [2.45, 2.75) is 27.7 Å². The minimum atomic E-state index is 0.0934. The number of hydrogen-bond acceptors (Lipinski definition) is 1. The first kappa shape index (κ1) is 24.9. The fraction of sp³-hybridized carbons (Fsp3) is 0.0976. The van der Waals surface area contributed by atoms with Gasteiger partial charge in [-0.2, -0.15) is 5.26 Å². The average Bonchev–Trinajstić information content (AvgIpc) is 3.53. The molecule has 2 aliphatic rings. The molecular formula is C41H28BN3. The summed E-state index contributed by atoms with van der Waals surface area (Å²) in [6, 6.07) is 38.5. The van der Waals surface area contributed by atoms with Gasteiger partial charge < -0.3 is 9.13 Å². The summed E-state index contributed by atoms with van der Waals surface area (Å²) in [6.45, 7) is 8.94. The normalized spacial score (nSPS) is 12.8. The van der Waals surface area contributed by atoms with E-state index in [0.29, 0.717) is 5.56 Å². The summed E-state index contributed by atoms with van der Waals surface area (Å²) in [5, 5.41) is 15.4. The summed E-state index contributed by atoms with van der Waals surface area (Å²) in [5.74, 6) is 0. The highest BCUT2D eigenvalue weighted by molar-refractivity contribution is 7.00. The van der Waals surface area contributed by atoms with Crippen LogP contribution >= 0.6 is 0 Å². The van der Waals surface area contributed by atoms with E-state index in [1.807, 2.05) is 18.2 Å². The molecule has 4 heterocycles. The summed E-state index contributed by atoms with van der Waals surface area (Å²) in [5.41, 5.74) is 19.3. The summed E-state index contributed by atoms with van der Waals surface area (Å²) >= 11 is 0. The maximum atomic E-state index is 10.2.